The second-order valence-electron chi connectivity index (χ2n) is 6.40. The van der Waals surface area contributed by atoms with E-state index in [9.17, 15) is 26.0 Å². The lowest BCUT2D eigenvalue weighted by Gasteiger charge is -2.10. The predicted molar refractivity (Wildman–Crippen MR) is 116 cm³/mol. The number of sulfonamides is 1. The zero-order valence-electron chi connectivity index (χ0n) is 15.7. The Hall–Kier alpha value is -2.95. The molecule has 3 aromatic carbocycles. The fourth-order valence-electron chi connectivity index (χ4n) is 2.54. The van der Waals surface area contributed by atoms with E-state index in [1.54, 1.807) is 0 Å². The Balaban J connectivity index is 1.64. The summed E-state index contributed by atoms with van der Waals surface area (Å²) in [5.74, 6) is -2.08. The number of hydrogen-bond acceptors (Lipinski definition) is 5. The molecule has 0 aliphatic heterocycles. The van der Waals surface area contributed by atoms with Crippen LogP contribution in [0.15, 0.2) is 82.6 Å². The molecule has 162 valence electrons. The van der Waals surface area contributed by atoms with Crippen LogP contribution in [-0.2, 0) is 24.7 Å². The number of benzene rings is 3. The van der Waals surface area contributed by atoms with Gasteiger partial charge in [-0.15, -0.1) is 0 Å². The smallest absolute Gasteiger partial charge is 0.261 e. The molecule has 2 N–H and O–H groups in total. The van der Waals surface area contributed by atoms with E-state index in [0.717, 1.165) is 24.3 Å². The second kappa shape index (κ2) is 9.04. The topological polar surface area (TPSA) is 109 Å². The molecule has 0 bridgehead atoms. The summed E-state index contributed by atoms with van der Waals surface area (Å²) in [6.07, 6.45) is 0. The first kappa shape index (κ1) is 22.7. The first-order chi connectivity index (χ1) is 14.5. The molecule has 0 aliphatic carbocycles. The number of hydrogen-bond donors (Lipinski definition) is 2. The van der Waals surface area contributed by atoms with Crippen LogP contribution in [0.25, 0.3) is 0 Å². The molecule has 11 heteroatoms. The number of halogens is 2. The molecule has 0 saturated heterocycles. The summed E-state index contributed by atoms with van der Waals surface area (Å²) in [6.45, 7) is 0. The van der Waals surface area contributed by atoms with Crippen LogP contribution >= 0.6 is 11.6 Å². The van der Waals surface area contributed by atoms with Crippen molar-refractivity contribution in [3.8, 4) is 0 Å². The molecular weight excluding hydrogens is 467 g/mol. The highest BCUT2D eigenvalue weighted by atomic mass is 35.5. The van der Waals surface area contributed by atoms with E-state index in [0.29, 0.717) is 5.02 Å². The Morgan fingerprint density at radius 2 is 1.29 bits per heavy atom. The SMILES string of the molecule is O=C(CS(=O)(=O)c1ccc(Cl)cc1)Nc1ccc(NS(=O)(=O)c2ccc(F)cc2)cc1. The number of rotatable bonds is 7. The van der Waals surface area contributed by atoms with E-state index in [2.05, 4.69) is 10.0 Å². The Kier molecular flexibility index (Phi) is 6.63. The lowest BCUT2D eigenvalue weighted by atomic mass is 10.3. The third kappa shape index (κ3) is 6.03. The molecule has 0 fully saturated rings. The molecule has 1 amide bonds. The average Bonchev–Trinajstić information content (AvgIpc) is 2.69. The number of amides is 1. The summed E-state index contributed by atoms with van der Waals surface area (Å²) in [5.41, 5.74) is 0.483. The van der Waals surface area contributed by atoms with Gasteiger partial charge in [-0.1, -0.05) is 11.6 Å². The third-order valence-corrected chi connectivity index (χ3v) is 7.32. The van der Waals surface area contributed by atoms with Crippen LogP contribution in [0, 0.1) is 5.82 Å². The quantitative estimate of drug-likeness (QED) is 0.533. The molecule has 31 heavy (non-hydrogen) atoms. The van der Waals surface area contributed by atoms with Crippen molar-refractivity contribution in [3.05, 3.63) is 83.6 Å². The summed E-state index contributed by atoms with van der Waals surface area (Å²) in [7, 11) is -7.77. The number of carbonyl (C=O) groups excluding carboxylic acids is 1. The molecule has 3 rings (SSSR count). The van der Waals surface area contributed by atoms with Gasteiger partial charge in [0.25, 0.3) is 10.0 Å². The van der Waals surface area contributed by atoms with Crippen molar-refractivity contribution >= 4 is 48.7 Å². The van der Waals surface area contributed by atoms with Gasteiger partial charge in [0, 0.05) is 16.4 Å². The highest BCUT2D eigenvalue weighted by Gasteiger charge is 2.19. The number of anilines is 2. The highest BCUT2D eigenvalue weighted by Crippen LogP contribution is 2.20. The van der Waals surface area contributed by atoms with Gasteiger partial charge in [-0.25, -0.2) is 21.2 Å². The van der Waals surface area contributed by atoms with Crippen LogP contribution in [0.2, 0.25) is 5.02 Å². The molecular formula is C20H16ClFN2O5S2. The van der Waals surface area contributed by atoms with Crippen LogP contribution < -0.4 is 10.0 Å². The van der Waals surface area contributed by atoms with E-state index < -0.39 is 37.3 Å². The van der Waals surface area contributed by atoms with Gasteiger partial charge in [0.2, 0.25) is 5.91 Å². The van der Waals surface area contributed by atoms with Crippen molar-refractivity contribution in [2.45, 2.75) is 9.79 Å². The van der Waals surface area contributed by atoms with Crippen LogP contribution in [-0.4, -0.2) is 28.5 Å². The van der Waals surface area contributed by atoms with Crippen LogP contribution in [0.3, 0.4) is 0 Å². The summed E-state index contributed by atoms with van der Waals surface area (Å²) in [5, 5.41) is 2.82. The van der Waals surface area contributed by atoms with Gasteiger partial charge in [0.1, 0.15) is 11.6 Å². The first-order valence-corrected chi connectivity index (χ1v) is 12.2. The molecule has 0 radical (unpaired) electrons. The van der Waals surface area contributed by atoms with Crippen molar-refractivity contribution in [2.24, 2.45) is 0 Å². The molecule has 0 heterocycles. The molecule has 0 aliphatic rings. The normalized spacial score (nSPS) is 11.7. The summed E-state index contributed by atoms with van der Waals surface area (Å²) >= 11 is 5.74. The third-order valence-electron chi connectivity index (χ3n) is 4.04. The Morgan fingerprint density at radius 3 is 1.87 bits per heavy atom. The minimum absolute atomic E-state index is 0.0300. The maximum atomic E-state index is 13.0. The maximum Gasteiger partial charge on any atom is 0.261 e. The monoisotopic (exact) mass is 482 g/mol. The molecule has 0 unspecified atom stereocenters. The lowest BCUT2D eigenvalue weighted by molar-refractivity contribution is -0.113. The van der Waals surface area contributed by atoms with Crippen molar-refractivity contribution in [3.63, 3.8) is 0 Å². The fraction of sp³-hybridized carbons (Fsp3) is 0.0500. The summed E-state index contributed by atoms with van der Waals surface area (Å²) in [6, 6.07) is 15.4. The zero-order valence-corrected chi connectivity index (χ0v) is 18.1. The predicted octanol–water partition coefficient (Wildman–Crippen LogP) is 3.69. The average molecular weight is 483 g/mol. The fourth-order valence-corrected chi connectivity index (χ4v) is 4.86. The van der Waals surface area contributed by atoms with Crippen molar-refractivity contribution in [1.29, 1.82) is 0 Å². The second-order valence-corrected chi connectivity index (χ2v) is 10.5. The van der Waals surface area contributed by atoms with Gasteiger partial charge in [-0.3, -0.25) is 9.52 Å². The van der Waals surface area contributed by atoms with Crippen LogP contribution in [0.5, 0.6) is 0 Å². The standard InChI is InChI=1S/C20H16ClFN2O5S2/c21-14-1-9-18(10-2-14)30(26,27)13-20(25)23-16-5-7-17(8-6-16)24-31(28,29)19-11-3-15(22)4-12-19/h1-12,24H,13H2,(H,23,25). The highest BCUT2D eigenvalue weighted by molar-refractivity contribution is 7.92. The number of carbonyl (C=O) groups is 1. The van der Waals surface area contributed by atoms with Gasteiger partial charge >= 0.3 is 0 Å². The van der Waals surface area contributed by atoms with Gasteiger partial charge in [-0.05, 0) is 72.8 Å². The molecule has 0 spiro atoms. The number of sulfone groups is 1. The lowest BCUT2D eigenvalue weighted by Crippen LogP contribution is -2.23. The Labute approximate surface area is 183 Å². The number of nitrogens with one attached hydrogen (secondary N) is 2. The van der Waals surface area contributed by atoms with E-state index in [1.165, 1.54) is 48.5 Å². The van der Waals surface area contributed by atoms with Crippen molar-refractivity contribution in [1.82, 2.24) is 0 Å². The summed E-state index contributed by atoms with van der Waals surface area (Å²) < 4.78 is 64.5. The van der Waals surface area contributed by atoms with E-state index in [-0.39, 0.29) is 21.2 Å². The van der Waals surface area contributed by atoms with Gasteiger partial charge < -0.3 is 5.32 Å². The van der Waals surface area contributed by atoms with Crippen molar-refractivity contribution in [2.75, 3.05) is 15.8 Å². The maximum absolute atomic E-state index is 13.0. The van der Waals surface area contributed by atoms with Crippen LogP contribution in [0.4, 0.5) is 15.8 Å². The minimum Gasteiger partial charge on any atom is -0.325 e. The van der Waals surface area contributed by atoms with Crippen molar-refractivity contribution < 1.29 is 26.0 Å². The minimum atomic E-state index is -3.92. The molecule has 7 nitrogen and oxygen atoms in total. The van der Waals surface area contributed by atoms with Gasteiger partial charge in [0.05, 0.1) is 9.79 Å². The largest absolute Gasteiger partial charge is 0.325 e. The Morgan fingerprint density at radius 1 is 0.774 bits per heavy atom. The molecule has 0 saturated carbocycles. The molecule has 0 atom stereocenters. The van der Waals surface area contributed by atoms with E-state index in [1.807, 2.05) is 0 Å². The summed E-state index contributed by atoms with van der Waals surface area (Å²) in [4.78, 5) is 12.0. The molecule has 3 aromatic rings. The van der Waals surface area contributed by atoms with E-state index >= 15 is 0 Å². The van der Waals surface area contributed by atoms with Gasteiger partial charge in [0.15, 0.2) is 9.84 Å². The van der Waals surface area contributed by atoms with E-state index in [4.69, 9.17) is 11.6 Å². The Bertz CT molecular complexity index is 1290. The first-order valence-electron chi connectivity index (χ1n) is 8.72. The van der Waals surface area contributed by atoms with Crippen LogP contribution in [0.1, 0.15) is 0 Å². The zero-order chi connectivity index (χ0) is 22.6. The molecule has 0 aromatic heterocycles. The van der Waals surface area contributed by atoms with Gasteiger partial charge in [-0.2, -0.15) is 0 Å².